The van der Waals surface area contributed by atoms with Gasteiger partial charge in [0, 0.05) is 7.11 Å². The number of rotatable bonds is 8. The number of carbonyl (C=O) groups is 1. The van der Waals surface area contributed by atoms with Crippen molar-refractivity contribution in [3.8, 4) is 5.75 Å². The Kier molecular flexibility index (Phi) is 6.97. The van der Waals surface area contributed by atoms with Crippen molar-refractivity contribution in [2.45, 2.75) is 13.0 Å². The number of hydrogen-bond donors (Lipinski definition) is 1. The molecule has 112 valence electrons. The lowest BCUT2D eigenvalue weighted by Crippen LogP contribution is -2.30. The Labute approximate surface area is 118 Å². The molecule has 1 aromatic rings. The van der Waals surface area contributed by atoms with Gasteiger partial charge in [-0.15, -0.1) is 0 Å². The molecule has 0 saturated heterocycles. The SMILES string of the molecule is COCCOCC(=O)NC(C)c1ccc(OC)c(F)c1. The quantitative estimate of drug-likeness (QED) is 0.738. The zero-order valence-corrected chi connectivity index (χ0v) is 11.9. The van der Waals surface area contributed by atoms with Crippen molar-refractivity contribution in [2.24, 2.45) is 0 Å². The second kappa shape index (κ2) is 8.50. The van der Waals surface area contributed by atoms with Crippen LogP contribution in [0.2, 0.25) is 0 Å². The molecular weight excluding hydrogens is 265 g/mol. The molecule has 0 bridgehead atoms. The molecule has 0 aliphatic carbocycles. The van der Waals surface area contributed by atoms with Gasteiger partial charge in [-0.1, -0.05) is 6.07 Å². The van der Waals surface area contributed by atoms with Crippen LogP contribution in [-0.4, -0.2) is 39.9 Å². The fraction of sp³-hybridized carbons (Fsp3) is 0.500. The van der Waals surface area contributed by atoms with Crippen molar-refractivity contribution in [1.29, 1.82) is 0 Å². The first-order chi connectivity index (χ1) is 9.58. The molecule has 1 amide bonds. The van der Waals surface area contributed by atoms with E-state index in [1.807, 2.05) is 0 Å². The molecule has 0 radical (unpaired) electrons. The van der Waals surface area contributed by atoms with Gasteiger partial charge in [0.15, 0.2) is 11.6 Å². The molecule has 0 fully saturated rings. The molecule has 1 aromatic carbocycles. The molecule has 5 nitrogen and oxygen atoms in total. The molecule has 0 spiro atoms. The summed E-state index contributed by atoms with van der Waals surface area (Å²) < 4.78 is 28.3. The van der Waals surface area contributed by atoms with Crippen LogP contribution in [0, 0.1) is 5.82 Å². The minimum Gasteiger partial charge on any atom is -0.494 e. The van der Waals surface area contributed by atoms with Crippen molar-refractivity contribution >= 4 is 5.91 Å². The number of nitrogens with one attached hydrogen (secondary N) is 1. The van der Waals surface area contributed by atoms with Gasteiger partial charge in [-0.25, -0.2) is 4.39 Å². The van der Waals surface area contributed by atoms with E-state index in [1.54, 1.807) is 20.1 Å². The van der Waals surface area contributed by atoms with E-state index in [0.29, 0.717) is 18.8 Å². The summed E-state index contributed by atoms with van der Waals surface area (Å²) in [4.78, 5) is 11.6. The number of halogens is 1. The minimum absolute atomic E-state index is 0.0493. The van der Waals surface area contributed by atoms with E-state index in [-0.39, 0.29) is 24.3 Å². The van der Waals surface area contributed by atoms with E-state index in [1.165, 1.54) is 19.2 Å². The number of amides is 1. The summed E-state index contributed by atoms with van der Waals surface area (Å²) in [6.45, 7) is 2.52. The highest BCUT2D eigenvalue weighted by Gasteiger charge is 2.12. The highest BCUT2D eigenvalue weighted by atomic mass is 19.1. The standard InChI is InChI=1S/C14H20FNO4/c1-10(16-14(17)9-20-7-6-18-2)11-4-5-13(19-3)12(15)8-11/h4-5,8,10H,6-7,9H2,1-3H3,(H,16,17). The summed E-state index contributed by atoms with van der Waals surface area (Å²) in [5.74, 6) is -0.539. The summed E-state index contributed by atoms with van der Waals surface area (Å²) in [6, 6.07) is 4.27. The summed E-state index contributed by atoms with van der Waals surface area (Å²) in [5, 5.41) is 2.73. The van der Waals surface area contributed by atoms with Crippen LogP contribution in [0.3, 0.4) is 0 Å². The Morgan fingerprint density at radius 1 is 1.35 bits per heavy atom. The van der Waals surface area contributed by atoms with Crippen molar-refractivity contribution in [1.82, 2.24) is 5.32 Å². The zero-order valence-electron chi connectivity index (χ0n) is 11.9. The van der Waals surface area contributed by atoms with Crippen molar-refractivity contribution in [2.75, 3.05) is 34.0 Å². The highest BCUT2D eigenvalue weighted by Crippen LogP contribution is 2.21. The third kappa shape index (κ3) is 5.14. The van der Waals surface area contributed by atoms with Gasteiger partial charge in [-0.05, 0) is 24.6 Å². The molecule has 1 rings (SSSR count). The first-order valence-electron chi connectivity index (χ1n) is 6.28. The zero-order chi connectivity index (χ0) is 15.0. The third-order valence-electron chi connectivity index (χ3n) is 2.72. The van der Waals surface area contributed by atoms with E-state index in [0.717, 1.165) is 0 Å². The van der Waals surface area contributed by atoms with E-state index in [2.05, 4.69) is 5.32 Å². The Morgan fingerprint density at radius 3 is 2.70 bits per heavy atom. The van der Waals surface area contributed by atoms with Crippen LogP contribution in [0.25, 0.3) is 0 Å². The average Bonchev–Trinajstić information content (AvgIpc) is 2.43. The van der Waals surface area contributed by atoms with Gasteiger partial charge < -0.3 is 19.5 Å². The second-order valence-electron chi connectivity index (χ2n) is 4.23. The number of ether oxygens (including phenoxy) is 3. The largest absolute Gasteiger partial charge is 0.494 e. The normalized spacial score (nSPS) is 12.0. The maximum Gasteiger partial charge on any atom is 0.246 e. The Bertz CT molecular complexity index is 439. The van der Waals surface area contributed by atoms with Gasteiger partial charge in [-0.2, -0.15) is 0 Å². The van der Waals surface area contributed by atoms with Crippen molar-refractivity contribution in [3.63, 3.8) is 0 Å². The predicted octanol–water partition coefficient (Wildman–Crippen LogP) is 1.67. The van der Waals surface area contributed by atoms with E-state index < -0.39 is 5.82 Å². The van der Waals surface area contributed by atoms with Crippen LogP contribution in [-0.2, 0) is 14.3 Å². The van der Waals surface area contributed by atoms with Gasteiger partial charge in [0.05, 0.1) is 26.4 Å². The second-order valence-corrected chi connectivity index (χ2v) is 4.23. The molecule has 0 heterocycles. The lowest BCUT2D eigenvalue weighted by molar-refractivity contribution is -0.126. The Morgan fingerprint density at radius 2 is 2.10 bits per heavy atom. The van der Waals surface area contributed by atoms with Crippen LogP contribution in [0.15, 0.2) is 18.2 Å². The van der Waals surface area contributed by atoms with Crippen LogP contribution in [0.5, 0.6) is 5.75 Å². The molecular formula is C14H20FNO4. The Balaban J connectivity index is 2.47. The van der Waals surface area contributed by atoms with Crippen LogP contribution >= 0.6 is 0 Å². The highest BCUT2D eigenvalue weighted by molar-refractivity contribution is 5.77. The summed E-state index contributed by atoms with van der Waals surface area (Å²) in [5.41, 5.74) is 0.661. The number of benzene rings is 1. The predicted molar refractivity (Wildman–Crippen MR) is 72.2 cm³/mol. The van der Waals surface area contributed by atoms with Gasteiger partial charge in [0.1, 0.15) is 6.61 Å². The lowest BCUT2D eigenvalue weighted by Gasteiger charge is -2.15. The maximum atomic E-state index is 13.6. The molecule has 1 unspecified atom stereocenters. The minimum atomic E-state index is -0.456. The van der Waals surface area contributed by atoms with Crippen molar-refractivity contribution in [3.05, 3.63) is 29.6 Å². The summed E-state index contributed by atoms with van der Waals surface area (Å²) in [6.07, 6.45) is 0. The lowest BCUT2D eigenvalue weighted by atomic mass is 10.1. The molecule has 6 heteroatoms. The molecule has 0 aromatic heterocycles. The third-order valence-corrected chi connectivity index (χ3v) is 2.72. The van der Waals surface area contributed by atoms with Gasteiger partial charge in [0.25, 0.3) is 0 Å². The first kappa shape index (κ1) is 16.4. The van der Waals surface area contributed by atoms with E-state index in [9.17, 15) is 9.18 Å². The monoisotopic (exact) mass is 285 g/mol. The van der Waals surface area contributed by atoms with Gasteiger partial charge in [-0.3, -0.25) is 4.79 Å². The molecule has 20 heavy (non-hydrogen) atoms. The van der Waals surface area contributed by atoms with Crippen LogP contribution in [0.4, 0.5) is 4.39 Å². The number of hydrogen-bond acceptors (Lipinski definition) is 4. The molecule has 0 aliphatic heterocycles. The van der Waals surface area contributed by atoms with Crippen LogP contribution in [0.1, 0.15) is 18.5 Å². The first-order valence-corrected chi connectivity index (χ1v) is 6.28. The topological polar surface area (TPSA) is 56.8 Å². The smallest absolute Gasteiger partial charge is 0.246 e. The fourth-order valence-electron chi connectivity index (χ4n) is 1.63. The Hall–Kier alpha value is -1.66. The fourth-order valence-corrected chi connectivity index (χ4v) is 1.63. The molecule has 1 N–H and O–H groups in total. The molecule has 1 atom stereocenters. The number of methoxy groups -OCH3 is 2. The summed E-state index contributed by atoms with van der Waals surface area (Å²) in [7, 11) is 2.96. The maximum absolute atomic E-state index is 13.6. The van der Waals surface area contributed by atoms with Crippen molar-refractivity contribution < 1.29 is 23.4 Å². The molecule has 0 saturated carbocycles. The van der Waals surface area contributed by atoms with Gasteiger partial charge in [0.2, 0.25) is 5.91 Å². The molecule has 0 aliphatic rings. The average molecular weight is 285 g/mol. The van der Waals surface area contributed by atoms with E-state index in [4.69, 9.17) is 14.2 Å². The van der Waals surface area contributed by atoms with Crippen LogP contribution < -0.4 is 10.1 Å². The summed E-state index contributed by atoms with van der Waals surface area (Å²) >= 11 is 0. The van der Waals surface area contributed by atoms with Gasteiger partial charge >= 0.3 is 0 Å². The van der Waals surface area contributed by atoms with E-state index >= 15 is 0 Å². The number of carbonyl (C=O) groups excluding carboxylic acids is 1.